The number of rotatable bonds is 8. The van der Waals surface area contributed by atoms with Crippen molar-refractivity contribution < 1.29 is 14.2 Å². The number of halogens is 1. The highest BCUT2D eigenvalue weighted by atomic mass is 19.1. The van der Waals surface area contributed by atoms with E-state index in [0.717, 1.165) is 16.9 Å². The van der Waals surface area contributed by atoms with Gasteiger partial charge in [-0.15, -0.1) is 0 Å². The molecule has 0 aliphatic rings. The maximum absolute atomic E-state index is 13.0. The first-order chi connectivity index (χ1) is 13.0. The van der Waals surface area contributed by atoms with Gasteiger partial charge < -0.3 is 20.5 Å². The van der Waals surface area contributed by atoms with Gasteiger partial charge in [-0.3, -0.25) is 0 Å². The molecule has 1 unspecified atom stereocenters. The van der Waals surface area contributed by atoms with Crippen LogP contribution in [0.15, 0.2) is 53.5 Å². The molecule has 3 N–H and O–H groups in total. The fourth-order valence-corrected chi connectivity index (χ4v) is 2.45. The highest BCUT2D eigenvalue weighted by molar-refractivity contribution is 5.79. The molecule has 0 spiro atoms. The maximum atomic E-state index is 13.0. The zero-order chi connectivity index (χ0) is 19.6. The summed E-state index contributed by atoms with van der Waals surface area (Å²) in [6, 6.07) is 13.7. The lowest BCUT2D eigenvalue weighted by molar-refractivity contribution is 0.180. The predicted octanol–water partition coefficient (Wildman–Crippen LogP) is 3.40. The maximum Gasteiger partial charge on any atom is 0.191 e. The van der Waals surface area contributed by atoms with Crippen LogP contribution in [0.3, 0.4) is 0 Å². The molecule has 0 amide bonds. The van der Waals surface area contributed by atoms with Crippen molar-refractivity contribution in [2.75, 3.05) is 13.1 Å². The fourth-order valence-electron chi connectivity index (χ4n) is 2.45. The van der Waals surface area contributed by atoms with Crippen LogP contribution in [0.2, 0.25) is 0 Å². The van der Waals surface area contributed by atoms with Crippen LogP contribution in [0.1, 0.15) is 38.0 Å². The van der Waals surface area contributed by atoms with Gasteiger partial charge in [-0.1, -0.05) is 24.3 Å². The van der Waals surface area contributed by atoms with E-state index in [4.69, 9.17) is 4.74 Å². The summed E-state index contributed by atoms with van der Waals surface area (Å²) in [6.07, 6.45) is -0.560. The zero-order valence-corrected chi connectivity index (χ0v) is 16.1. The van der Waals surface area contributed by atoms with Crippen molar-refractivity contribution in [2.24, 2.45) is 4.99 Å². The second kappa shape index (κ2) is 10.5. The van der Waals surface area contributed by atoms with Crippen molar-refractivity contribution in [2.45, 2.75) is 39.5 Å². The van der Waals surface area contributed by atoms with E-state index in [1.807, 2.05) is 45.0 Å². The quantitative estimate of drug-likeness (QED) is 0.490. The van der Waals surface area contributed by atoms with Gasteiger partial charge in [0.1, 0.15) is 11.6 Å². The van der Waals surface area contributed by atoms with Gasteiger partial charge in [0.2, 0.25) is 0 Å². The van der Waals surface area contributed by atoms with Crippen molar-refractivity contribution in [3.8, 4) is 5.75 Å². The lowest BCUT2D eigenvalue weighted by atomic mass is 10.1. The van der Waals surface area contributed by atoms with Gasteiger partial charge in [0.05, 0.1) is 18.8 Å². The van der Waals surface area contributed by atoms with E-state index in [1.54, 1.807) is 12.1 Å². The van der Waals surface area contributed by atoms with Crippen LogP contribution in [0.4, 0.5) is 4.39 Å². The Balaban J connectivity index is 1.91. The van der Waals surface area contributed by atoms with E-state index in [0.29, 0.717) is 25.6 Å². The van der Waals surface area contributed by atoms with E-state index >= 15 is 0 Å². The summed E-state index contributed by atoms with van der Waals surface area (Å²) in [7, 11) is 0. The van der Waals surface area contributed by atoms with Gasteiger partial charge in [-0.2, -0.15) is 0 Å². The molecule has 0 bridgehead atoms. The summed E-state index contributed by atoms with van der Waals surface area (Å²) < 4.78 is 18.6. The largest absolute Gasteiger partial charge is 0.491 e. The number of hydrogen-bond acceptors (Lipinski definition) is 3. The Kier molecular flexibility index (Phi) is 8.07. The third kappa shape index (κ3) is 7.27. The average molecular weight is 373 g/mol. The minimum Gasteiger partial charge on any atom is -0.491 e. The molecule has 2 rings (SSSR count). The molecule has 0 aliphatic carbocycles. The van der Waals surface area contributed by atoms with E-state index in [9.17, 15) is 9.50 Å². The molecule has 0 saturated heterocycles. The van der Waals surface area contributed by atoms with Crippen LogP contribution >= 0.6 is 0 Å². The van der Waals surface area contributed by atoms with Gasteiger partial charge in [-0.05, 0) is 56.2 Å². The Hall–Kier alpha value is -2.60. The smallest absolute Gasteiger partial charge is 0.191 e. The number of benzene rings is 2. The normalized spacial score (nSPS) is 12.7. The SMILES string of the molecule is CCNC(=NCc1ccc(F)cc1)NCC(O)c1ccc(OC(C)C)cc1. The van der Waals surface area contributed by atoms with Crippen LogP contribution in [-0.2, 0) is 6.54 Å². The second-order valence-electron chi connectivity index (χ2n) is 6.45. The van der Waals surface area contributed by atoms with Crippen molar-refractivity contribution in [1.29, 1.82) is 0 Å². The minimum atomic E-state index is -0.673. The topological polar surface area (TPSA) is 65.9 Å². The molecule has 0 aliphatic heterocycles. The molecule has 5 nitrogen and oxygen atoms in total. The number of aliphatic hydroxyl groups is 1. The Morgan fingerprint density at radius 3 is 2.33 bits per heavy atom. The first-order valence-corrected chi connectivity index (χ1v) is 9.19. The average Bonchev–Trinajstić information content (AvgIpc) is 2.65. The molecule has 6 heteroatoms. The highest BCUT2D eigenvalue weighted by Gasteiger charge is 2.09. The first-order valence-electron chi connectivity index (χ1n) is 9.19. The number of aliphatic hydroxyl groups excluding tert-OH is 1. The highest BCUT2D eigenvalue weighted by Crippen LogP contribution is 2.18. The van der Waals surface area contributed by atoms with Crippen LogP contribution in [0, 0.1) is 5.82 Å². The van der Waals surface area contributed by atoms with Crippen LogP contribution < -0.4 is 15.4 Å². The fraction of sp³-hybridized carbons (Fsp3) is 0.381. The summed E-state index contributed by atoms with van der Waals surface area (Å²) >= 11 is 0. The molecule has 1 atom stereocenters. The van der Waals surface area contributed by atoms with Crippen molar-refractivity contribution >= 4 is 5.96 Å². The molecule has 27 heavy (non-hydrogen) atoms. The third-order valence-corrected chi connectivity index (χ3v) is 3.78. The zero-order valence-electron chi connectivity index (χ0n) is 16.1. The van der Waals surface area contributed by atoms with E-state index in [2.05, 4.69) is 15.6 Å². The monoisotopic (exact) mass is 373 g/mol. The molecule has 0 fully saturated rings. The van der Waals surface area contributed by atoms with Crippen LogP contribution in [-0.4, -0.2) is 30.3 Å². The molecule has 2 aromatic carbocycles. The van der Waals surface area contributed by atoms with Crippen molar-refractivity contribution in [3.63, 3.8) is 0 Å². The van der Waals surface area contributed by atoms with Gasteiger partial charge in [-0.25, -0.2) is 9.38 Å². The summed E-state index contributed by atoms with van der Waals surface area (Å²) in [6.45, 7) is 7.36. The van der Waals surface area contributed by atoms with Crippen LogP contribution in [0.25, 0.3) is 0 Å². The Morgan fingerprint density at radius 2 is 1.74 bits per heavy atom. The number of guanidine groups is 1. The molecule has 0 heterocycles. The minimum absolute atomic E-state index is 0.113. The van der Waals surface area contributed by atoms with Gasteiger partial charge >= 0.3 is 0 Å². The number of nitrogens with zero attached hydrogens (tertiary/aromatic N) is 1. The summed E-state index contributed by atoms with van der Waals surface area (Å²) in [4.78, 5) is 4.47. The van der Waals surface area contributed by atoms with Crippen LogP contribution in [0.5, 0.6) is 5.75 Å². The Labute approximate surface area is 160 Å². The van der Waals surface area contributed by atoms with E-state index < -0.39 is 6.10 Å². The van der Waals surface area contributed by atoms with Gasteiger partial charge in [0.25, 0.3) is 0 Å². The molecule has 0 aromatic heterocycles. The third-order valence-electron chi connectivity index (χ3n) is 3.78. The van der Waals surface area contributed by atoms with Gasteiger partial charge in [0, 0.05) is 13.1 Å². The van der Waals surface area contributed by atoms with E-state index in [-0.39, 0.29) is 11.9 Å². The second-order valence-corrected chi connectivity index (χ2v) is 6.45. The van der Waals surface area contributed by atoms with E-state index in [1.165, 1.54) is 12.1 Å². The van der Waals surface area contributed by atoms with Crippen molar-refractivity contribution in [3.05, 3.63) is 65.5 Å². The lowest BCUT2D eigenvalue weighted by Crippen LogP contribution is -2.39. The number of ether oxygens (including phenoxy) is 1. The Bertz CT molecular complexity index is 715. The predicted molar refractivity (Wildman–Crippen MR) is 106 cm³/mol. The molecule has 0 saturated carbocycles. The number of nitrogens with one attached hydrogen (secondary N) is 2. The summed E-state index contributed by atoms with van der Waals surface area (Å²) in [5, 5.41) is 16.7. The molecule has 2 aromatic rings. The standard InChI is InChI=1S/C21H28FN3O2/c1-4-23-21(24-13-16-5-9-18(22)10-6-16)25-14-20(26)17-7-11-19(12-8-17)27-15(2)3/h5-12,15,20,26H,4,13-14H2,1-3H3,(H2,23,24,25). The summed E-state index contributed by atoms with van der Waals surface area (Å²) in [5.41, 5.74) is 1.71. The lowest BCUT2D eigenvalue weighted by Gasteiger charge is -2.16. The van der Waals surface area contributed by atoms with Gasteiger partial charge in [0.15, 0.2) is 5.96 Å². The first kappa shape index (κ1) is 20.7. The number of aliphatic imine (C=N–C) groups is 1. The molecule has 146 valence electrons. The molecule has 0 radical (unpaired) electrons. The number of hydrogen-bond donors (Lipinski definition) is 3. The molecular weight excluding hydrogens is 345 g/mol. The summed E-state index contributed by atoms with van der Waals surface area (Å²) in [5.74, 6) is 1.12. The molecular formula is C21H28FN3O2. The van der Waals surface area contributed by atoms with Crippen molar-refractivity contribution in [1.82, 2.24) is 10.6 Å². The Morgan fingerprint density at radius 1 is 1.07 bits per heavy atom.